The lowest BCUT2D eigenvalue weighted by Gasteiger charge is -2.26. The van der Waals surface area contributed by atoms with Crippen LogP contribution < -0.4 is 5.73 Å². The van der Waals surface area contributed by atoms with Crippen molar-refractivity contribution in [3.05, 3.63) is 24.0 Å². The molecule has 0 radical (unpaired) electrons. The second-order valence-electron chi connectivity index (χ2n) is 5.15. The van der Waals surface area contributed by atoms with Crippen LogP contribution in [-0.4, -0.2) is 28.4 Å². The van der Waals surface area contributed by atoms with Crippen molar-refractivity contribution in [3.63, 3.8) is 0 Å². The number of hydrogen-bond acceptors (Lipinski definition) is 3. The molecule has 0 unspecified atom stereocenters. The normalized spacial score (nSPS) is 10.7. The summed E-state index contributed by atoms with van der Waals surface area (Å²) < 4.78 is 0. The first-order valence-corrected chi connectivity index (χ1v) is 7.04. The van der Waals surface area contributed by atoms with E-state index in [2.05, 4.69) is 25.8 Å². The zero-order valence-electron chi connectivity index (χ0n) is 12.2. The maximum atomic E-state index is 12.3. The van der Waals surface area contributed by atoms with Crippen molar-refractivity contribution in [1.29, 1.82) is 0 Å². The molecule has 2 N–H and O–H groups in total. The molecule has 0 saturated heterocycles. The Balaban J connectivity index is 2.58. The summed E-state index contributed by atoms with van der Waals surface area (Å²) in [5, 5.41) is 0. The molecule has 1 aromatic rings. The first kappa shape index (κ1) is 15.5. The molecule has 0 fully saturated rings. The van der Waals surface area contributed by atoms with Gasteiger partial charge in [-0.1, -0.05) is 19.8 Å². The first-order chi connectivity index (χ1) is 9.04. The van der Waals surface area contributed by atoms with Crippen LogP contribution in [0.4, 0.5) is 5.69 Å². The minimum Gasteiger partial charge on any atom is -0.397 e. The quantitative estimate of drug-likeness (QED) is 0.769. The molecular weight excluding hydrogens is 238 g/mol. The third kappa shape index (κ3) is 5.28. The topological polar surface area (TPSA) is 59.2 Å². The fourth-order valence-corrected chi connectivity index (χ4v) is 2.00. The van der Waals surface area contributed by atoms with Gasteiger partial charge in [-0.05, 0) is 32.4 Å². The van der Waals surface area contributed by atoms with Crippen LogP contribution in [0.5, 0.6) is 0 Å². The van der Waals surface area contributed by atoms with E-state index in [0.29, 0.717) is 12.1 Å². The van der Waals surface area contributed by atoms with E-state index in [0.717, 1.165) is 25.1 Å². The van der Waals surface area contributed by atoms with Gasteiger partial charge in [0.25, 0.3) is 0 Å². The van der Waals surface area contributed by atoms with Crippen LogP contribution in [-0.2, 0) is 11.2 Å². The first-order valence-electron chi connectivity index (χ1n) is 7.04. The fourth-order valence-electron chi connectivity index (χ4n) is 2.00. The molecule has 0 spiro atoms. The van der Waals surface area contributed by atoms with Gasteiger partial charge in [-0.15, -0.1) is 0 Å². The Labute approximate surface area is 116 Å². The van der Waals surface area contributed by atoms with Gasteiger partial charge in [0, 0.05) is 18.3 Å². The van der Waals surface area contributed by atoms with E-state index in [4.69, 9.17) is 5.73 Å². The lowest BCUT2D eigenvalue weighted by atomic mass is 10.2. The van der Waals surface area contributed by atoms with Crippen molar-refractivity contribution in [3.8, 4) is 0 Å². The van der Waals surface area contributed by atoms with Crippen LogP contribution in [0.2, 0.25) is 0 Å². The van der Waals surface area contributed by atoms with E-state index in [1.807, 2.05) is 11.0 Å². The van der Waals surface area contributed by atoms with Crippen LogP contribution in [0.1, 0.15) is 45.7 Å². The summed E-state index contributed by atoms with van der Waals surface area (Å²) in [6, 6.07) is 3.84. The van der Waals surface area contributed by atoms with Crippen molar-refractivity contribution < 1.29 is 4.79 Å². The predicted octanol–water partition coefficient (Wildman–Crippen LogP) is 2.63. The minimum atomic E-state index is 0.142. The summed E-state index contributed by atoms with van der Waals surface area (Å²) in [6.45, 7) is 7.11. The highest BCUT2D eigenvalue weighted by Crippen LogP contribution is 2.08. The third-order valence-electron chi connectivity index (χ3n) is 3.13. The summed E-state index contributed by atoms with van der Waals surface area (Å²) in [7, 11) is 0. The van der Waals surface area contributed by atoms with Crippen LogP contribution in [0.15, 0.2) is 18.3 Å². The number of unbranched alkanes of at least 4 members (excludes halogenated alkanes) is 2. The number of pyridine rings is 1. The van der Waals surface area contributed by atoms with Gasteiger partial charge in [-0.3, -0.25) is 9.78 Å². The molecule has 0 aliphatic rings. The van der Waals surface area contributed by atoms with Gasteiger partial charge in [0.1, 0.15) is 0 Å². The minimum absolute atomic E-state index is 0.142. The molecular formula is C15H25N3O. The molecule has 1 aromatic heterocycles. The molecule has 1 heterocycles. The van der Waals surface area contributed by atoms with Gasteiger partial charge >= 0.3 is 0 Å². The van der Waals surface area contributed by atoms with Crippen LogP contribution in [0, 0.1) is 0 Å². The Morgan fingerprint density at radius 1 is 1.37 bits per heavy atom. The third-order valence-corrected chi connectivity index (χ3v) is 3.13. The highest BCUT2D eigenvalue weighted by atomic mass is 16.2. The molecule has 1 rings (SSSR count). The Bertz CT molecular complexity index is 387. The monoisotopic (exact) mass is 263 g/mol. The number of nitrogen functional groups attached to an aromatic ring is 1. The Morgan fingerprint density at radius 2 is 2.11 bits per heavy atom. The summed E-state index contributed by atoms with van der Waals surface area (Å²) in [5.74, 6) is 0.142. The van der Waals surface area contributed by atoms with Crippen molar-refractivity contribution in [2.24, 2.45) is 0 Å². The lowest BCUT2D eigenvalue weighted by molar-refractivity contribution is -0.132. The number of aromatic nitrogens is 1. The van der Waals surface area contributed by atoms with Crippen molar-refractivity contribution in [2.75, 3.05) is 12.3 Å². The summed E-state index contributed by atoms with van der Waals surface area (Å²) in [4.78, 5) is 18.4. The zero-order valence-corrected chi connectivity index (χ0v) is 12.2. The lowest BCUT2D eigenvalue weighted by Crippen LogP contribution is -2.38. The maximum absolute atomic E-state index is 12.3. The number of carbonyl (C=O) groups excluding carboxylic acids is 1. The highest BCUT2D eigenvalue weighted by molar-refractivity contribution is 5.78. The predicted molar refractivity (Wildman–Crippen MR) is 78.7 cm³/mol. The summed E-state index contributed by atoms with van der Waals surface area (Å²) >= 11 is 0. The SMILES string of the molecule is CCCCCN(C(=O)Cc1ccc(N)cn1)C(C)C. The molecule has 1 amide bonds. The summed E-state index contributed by atoms with van der Waals surface area (Å²) in [6.07, 6.45) is 5.34. The van der Waals surface area contributed by atoms with E-state index in [-0.39, 0.29) is 11.9 Å². The van der Waals surface area contributed by atoms with E-state index < -0.39 is 0 Å². The van der Waals surface area contributed by atoms with Crippen LogP contribution >= 0.6 is 0 Å². The molecule has 0 atom stereocenters. The molecule has 0 bridgehead atoms. The van der Waals surface area contributed by atoms with Crippen LogP contribution in [0.3, 0.4) is 0 Å². The average Bonchev–Trinajstić information content (AvgIpc) is 2.37. The second-order valence-corrected chi connectivity index (χ2v) is 5.15. The highest BCUT2D eigenvalue weighted by Gasteiger charge is 2.17. The molecule has 19 heavy (non-hydrogen) atoms. The second kappa shape index (κ2) is 7.77. The van der Waals surface area contributed by atoms with Gasteiger partial charge in [-0.2, -0.15) is 0 Å². The number of hydrogen-bond donors (Lipinski definition) is 1. The Morgan fingerprint density at radius 3 is 2.63 bits per heavy atom. The summed E-state index contributed by atoms with van der Waals surface area (Å²) in [5.41, 5.74) is 6.99. The maximum Gasteiger partial charge on any atom is 0.228 e. The van der Waals surface area contributed by atoms with E-state index in [9.17, 15) is 4.79 Å². The van der Waals surface area contributed by atoms with Crippen LogP contribution in [0.25, 0.3) is 0 Å². The Hall–Kier alpha value is -1.58. The number of amides is 1. The molecule has 106 valence electrons. The smallest absolute Gasteiger partial charge is 0.228 e. The standard InChI is InChI=1S/C15H25N3O/c1-4-5-6-9-18(12(2)3)15(19)10-14-8-7-13(16)11-17-14/h7-8,11-12H,4-6,9-10,16H2,1-3H3. The molecule has 4 nitrogen and oxygen atoms in total. The molecule has 0 aliphatic heterocycles. The van der Waals surface area contributed by atoms with Gasteiger partial charge in [0.15, 0.2) is 0 Å². The number of rotatable bonds is 7. The van der Waals surface area contributed by atoms with E-state index >= 15 is 0 Å². The van der Waals surface area contributed by atoms with Gasteiger partial charge in [-0.25, -0.2) is 0 Å². The van der Waals surface area contributed by atoms with Crippen molar-refractivity contribution in [2.45, 2.75) is 52.5 Å². The molecule has 0 aliphatic carbocycles. The van der Waals surface area contributed by atoms with Gasteiger partial charge < -0.3 is 10.6 Å². The van der Waals surface area contributed by atoms with Crippen molar-refractivity contribution in [1.82, 2.24) is 9.88 Å². The van der Waals surface area contributed by atoms with Gasteiger partial charge in [0.2, 0.25) is 5.91 Å². The number of carbonyl (C=O) groups is 1. The number of nitrogens with two attached hydrogens (primary N) is 1. The average molecular weight is 263 g/mol. The number of nitrogens with zero attached hydrogens (tertiary/aromatic N) is 2. The van der Waals surface area contributed by atoms with E-state index in [1.165, 1.54) is 6.42 Å². The molecule has 0 saturated carbocycles. The number of anilines is 1. The Kier molecular flexibility index (Phi) is 6.33. The van der Waals surface area contributed by atoms with Crippen molar-refractivity contribution >= 4 is 11.6 Å². The molecule has 0 aromatic carbocycles. The largest absolute Gasteiger partial charge is 0.397 e. The van der Waals surface area contributed by atoms with E-state index in [1.54, 1.807) is 12.3 Å². The molecule has 4 heteroatoms. The zero-order chi connectivity index (χ0) is 14.3. The fraction of sp³-hybridized carbons (Fsp3) is 0.600. The van der Waals surface area contributed by atoms with Gasteiger partial charge in [0.05, 0.1) is 18.3 Å².